The molecule has 7 heteroatoms. The first-order valence-corrected chi connectivity index (χ1v) is 7.66. The van der Waals surface area contributed by atoms with Crippen molar-refractivity contribution in [2.75, 3.05) is 17.7 Å². The summed E-state index contributed by atoms with van der Waals surface area (Å²) >= 11 is 0. The molecule has 23 heavy (non-hydrogen) atoms. The van der Waals surface area contributed by atoms with E-state index in [2.05, 4.69) is 20.8 Å². The van der Waals surface area contributed by atoms with Crippen LogP contribution in [0.3, 0.4) is 0 Å². The minimum Gasteiger partial charge on any atom is -0.385 e. The Hall–Kier alpha value is -2.83. The Labute approximate surface area is 133 Å². The summed E-state index contributed by atoms with van der Waals surface area (Å²) in [5, 5.41) is 14.7. The molecule has 0 saturated heterocycles. The van der Waals surface area contributed by atoms with Crippen LogP contribution in [0.2, 0.25) is 0 Å². The summed E-state index contributed by atoms with van der Waals surface area (Å²) in [6, 6.07) is 5.92. The number of nitrogens with zero attached hydrogens (tertiary/aromatic N) is 4. The van der Waals surface area contributed by atoms with Crippen molar-refractivity contribution in [3.8, 4) is 11.3 Å². The van der Waals surface area contributed by atoms with Crippen molar-refractivity contribution in [3.63, 3.8) is 0 Å². The molecule has 1 aliphatic rings. The van der Waals surface area contributed by atoms with Gasteiger partial charge in [-0.25, -0.2) is 4.52 Å². The summed E-state index contributed by atoms with van der Waals surface area (Å²) in [5.74, 6) is 0.832. The second-order valence-electron chi connectivity index (χ2n) is 5.86. The van der Waals surface area contributed by atoms with Gasteiger partial charge in [-0.05, 0) is 25.0 Å². The van der Waals surface area contributed by atoms with Gasteiger partial charge in [0.05, 0.1) is 23.1 Å². The monoisotopic (exact) mass is 310 g/mol. The van der Waals surface area contributed by atoms with Crippen LogP contribution in [0.5, 0.6) is 0 Å². The number of carbonyl (C=O) groups excluding carboxylic acids is 1. The second kappa shape index (κ2) is 5.12. The zero-order valence-electron chi connectivity index (χ0n) is 13.1. The van der Waals surface area contributed by atoms with Gasteiger partial charge in [0.25, 0.3) is 0 Å². The molecule has 0 atom stereocenters. The molecule has 4 rings (SSSR count). The fourth-order valence-corrected chi connectivity index (χ4v) is 2.74. The molecular formula is C16H18N6O. The van der Waals surface area contributed by atoms with E-state index in [1.807, 2.05) is 43.2 Å². The van der Waals surface area contributed by atoms with E-state index in [1.165, 1.54) is 0 Å². The van der Waals surface area contributed by atoms with Gasteiger partial charge in [-0.3, -0.25) is 9.48 Å². The molecule has 0 bridgehead atoms. The maximum atomic E-state index is 11.9. The molecular weight excluding hydrogens is 292 g/mol. The number of aromatic nitrogens is 4. The molecule has 0 unspecified atom stereocenters. The first-order chi connectivity index (χ1) is 11.2. The molecule has 1 aliphatic carbocycles. The van der Waals surface area contributed by atoms with Gasteiger partial charge in [0, 0.05) is 37.8 Å². The van der Waals surface area contributed by atoms with Gasteiger partial charge in [-0.2, -0.15) is 10.2 Å². The highest BCUT2D eigenvalue weighted by molar-refractivity contribution is 5.93. The van der Waals surface area contributed by atoms with Gasteiger partial charge in [0.2, 0.25) is 5.91 Å². The van der Waals surface area contributed by atoms with Crippen LogP contribution in [0, 0.1) is 5.92 Å². The summed E-state index contributed by atoms with van der Waals surface area (Å²) in [5.41, 5.74) is 3.96. The molecule has 0 aliphatic heterocycles. The maximum absolute atomic E-state index is 11.9. The minimum absolute atomic E-state index is 0.0673. The average Bonchev–Trinajstić information content (AvgIpc) is 3.22. The molecule has 3 aromatic rings. The van der Waals surface area contributed by atoms with Crippen LogP contribution in [0.25, 0.3) is 16.8 Å². The summed E-state index contributed by atoms with van der Waals surface area (Å²) < 4.78 is 3.60. The van der Waals surface area contributed by atoms with Crippen molar-refractivity contribution in [1.29, 1.82) is 0 Å². The lowest BCUT2D eigenvalue weighted by Gasteiger charge is -2.06. The van der Waals surface area contributed by atoms with Crippen LogP contribution in [0.15, 0.2) is 30.6 Å². The normalized spacial score (nSPS) is 14.2. The number of amides is 1. The quantitative estimate of drug-likeness (QED) is 0.774. The number of rotatable bonds is 4. The van der Waals surface area contributed by atoms with Crippen LogP contribution in [0.4, 0.5) is 11.5 Å². The standard InChI is InChI=1S/C16H18N6O/c1-17-13-9-18-21(2)15(13)11-5-6-22-12(7-11)8-14(20-22)19-16(23)10-3-4-10/h5-10,17H,3-4H2,1-2H3,(H,19,20,23). The number of carbonyl (C=O) groups is 1. The third-order valence-corrected chi connectivity index (χ3v) is 4.14. The van der Waals surface area contributed by atoms with Crippen LogP contribution >= 0.6 is 0 Å². The molecule has 118 valence electrons. The summed E-state index contributed by atoms with van der Waals surface area (Å²) in [4.78, 5) is 11.9. The van der Waals surface area contributed by atoms with Crippen molar-refractivity contribution in [3.05, 3.63) is 30.6 Å². The fraction of sp³-hybridized carbons (Fsp3) is 0.312. The van der Waals surface area contributed by atoms with E-state index in [1.54, 1.807) is 10.7 Å². The third-order valence-electron chi connectivity index (χ3n) is 4.14. The van der Waals surface area contributed by atoms with E-state index in [-0.39, 0.29) is 11.8 Å². The zero-order chi connectivity index (χ0) is 16.0. The molecule has 0 radical (unpaired) electrons. The highest BCUT2D eigenvalue weighted by Gasteiger charge is 2.30. The van der Waals surface area contributed by atoms with Gasteiger partial charge < -0.3 is 10.6 Å². The van der Waals surface area contributed by atoms with Gasteiger partial charge >= 0.3 is 0 Å². The lowest BCUT2D eigenvalue weighted by atomic mass is 10.1. The Balaban J connectivity index is 1.70. The Morgan fingerprint density at radius 3 is 2.91 bits per heavy atom. The first-order valence-electron chi connectivity index (χ1n) is 7.66. The Kier molecular flexibility index (Phi) is 3.07. The number of fused-ring (bicyclic) bond motifs is 1. The molecule has 7 nitrogen and oxygen atoms in total. The van der Waals surface area contributed by atoms with E-state index in [0.29, 0.717) is 5.82 Å². The topological polar surface area (TPSA) is 76.2 Å². The number of pyridine rings is 1. The predicted octanol–water partition coefficient (Wildman–Crippen LogP) is 2.12. The van der Waals surface area contributed by atoms with Gasteiger partial charge in [0.15, 0.2) is 5.82 Å². The van der Waals surface area contributed by atoms with Crippen molar-refractivity contribution >= 4 is 22.9 Å². The van der Waals surface area contributed by atoms with Gasteiger partial charge in [-0.1, -0.05) is 0 Å². The Morgan fingerprint density at radius 1 is 1.35 bits per heavy atom. The molecule has 3 aromatic heterocycles. The average molecular weight is 310 g/mol. The van der Waals surface area contributed by atoms with E-state index in [9.17, 15) is 4.79 Å². The molecule has 0 aromatic carbocycles. The smallest absolute Gasteiger partial charge is 0.228 e. The molecule has 0 spiro atoms. The van der Waals surface area contributed by atoms with Crippen LogP contribution in [-0.4, -0.2) is 32.3 Å². The second-order valence-corrected chi connectivity index (χ2v) is 5.86. The number of anilines is 2. The lowest BCUT2D eigenvalue weighted by Crippen LogP contribution is -2.13. The first kappa shape index (κ1) is 13.8. The molecule has 1 amide bonds. The third kappa shape index (κ3) is 2.44. The highest BCUT2D eigenvalue weighted by Crippen LogP contribution is 2.31. The van der Waals surface area contributed by atoms with Crippen molar-refractivity contribution in [1.82, 2.24) is 19.4 Å². The van der Waals surface area contributed by atoms with E-state index in [0.717, 1.165) is 35.3 Å². The minimum atomic E-state index is 0.0673. The van der Waals surface area contributed by atoms with Gasteiger partial charge in [0.1, 0.15) is 0 Å². The summed E-state index contributed by atoms with van der Waals surface area (Å²) in [6.07, 6.45) is 5.66. The van der Waals surface area contributed by atoms with E-state index < -0.39 is 0 Å². The highest BCUT2D eigenvalue weighted by atomic mass is 16.2. The van der Waals surface area contributed by atoms with Crippen LogP contribution < -0.4 is 10.6 Å². The van der Waals surface area contributed by atoms with Crippen LogP contribution in [0.1, 0.15) is 12.8 Å². The Bertz CT molecular complexity index is 889. The van der Waals surface area contributed by atoms with Crippen LogP contribution in [-0.2, 0) is 11.8 Å². The summed E-state index contributed by atoms with van der Waals surface area (Å²) in [6.45, 7) is 0. The SMILES string of the molecule is CNc1cnn(C)c1-c1ccn2nc(NC(=O)C3CC3)cc2c1. The fourth-order valence-electron chi connectivity index (χ4n) is 2.74. The van der Waals surface area contributed by atoms with E-state index >= 15 is 0 Å². The zero-order valence-corrected chi connectivity index (χ0v) is 13.1. The number of hydrogen-bond donors (Lipinski definition) is 2. The maximum Gasteiger partial charge on any atom is 0.228 e. The van der Waals surface area contributed by atoms with Crippen molar-refractivity contribution in [2.24, 2.45) is 13.0 Å². The number of hydrogen-bond acceptors (Lipinski definition) is 4. The molecule has 3 heterocycles. The molecule has 2 N–H and O–H groups in total. The van der Waals surface area contributed by atoms with Crippen molar-refractivity contribution in [2.45, 2.75) is 12.8 Å². The lowest BCUT2D eigenvalue weighted by molar-refractivity contribution is -0.117. The number of nitrogens with one attached hydrogen (secondary N) is 2. The van der Waals surface area contributed by atoms with Crippen molar-refractivity contribution < 1.29 is 4.79 Å². The van der Waals surface area contributed by atoms with Gasteiger partial charge in [-0.15, -0.1) is 0 Å². The summed E-state index contributed by atoms with van der Waals surface area (Å²) in [7, 11) is 3.79. The number of aryl methyl sites for hydroxylation is 1. The largest absolute Gasteiger partial charge is 0.385 e. The predicted molar refractivity (Wildman–Crippen MR) is 88.3 cm³/mol. The molecule has 1 fully saturated rings. The van der Waals surface area contributed by atoms with E-state index in [4.69, 9.17) is 0 Å². The molecule has 1 saturated carbocycles. The Morgan fingerprint density at radius 2 is 2.17 bits per heavy atom.